The van der Waals surface area contributed by atoms with Gasteiger partial charge in [0, 0.05) is 5.56 Å². The van der Waals surface area contributed by atoms with Crippen LogP contribution in [0.5, 0.6) is 0 Å². The predicted molar refractivity (Wildman–Crippen MR) is 75.3 cm³/mol. The van der Waals surface area contributed by atoms with Crippen LogP contribution in [-0.4, -0.2) is 27.2 Å². The molecule has 0 unspecified atom stereocenters. The summed E-state index contributed by atoms with van der Waals surface area (Å²) >= 11 is 0.998. The molecule has 0 aliphatic rings. The van der Waals surface area contributed by atoms with Crippen LogP contribution in [0.3, 0.4) is 0 Å². The van der Waals surface area contributed by atoms with Crippen LogP contribution in [0.1, 0.15) is 20.0 Å². The number of benzene rings is 1. The number of carboxylic acids is 1. The van der Waals surface area contributed by atoms with Crippen molar-refractivity contribution in [1.82, 2.24) is 10.2 Å². The van der Waals surface area contributed by atoms with Crippen LogP contribution in [0.15, 0.2) is 30.3 Å². The Bertz CT molecular complexity index is 855. The van der Waals surface area contributed by atoms with Crippen molar-refractivity contribution in [2.75, 3.05) is 5.32 Å². The Morgan fingerprint density at radius 1 is 1.33 bits per heavy atom. The van der Waals surface area contributed by atoms with E-state index in [1.54, 1.807) is 0 Å². The van der Waals surface area contributed by atoms with Gasteiger partial charge in [0.25, 0.3) is 5.91 Å². The lowest BCUT2D eigenvalue weighted by Gasteiger charge is -2.02. The normalized spacial score (nSPS) is 10.7. The number of thiophene rings is 1. The van der Waals surface area contributed by atoms with Gasteiger partial charge in [-0.15, -0.1) is 11.3 Å². The lowest BCUT2D eigenvalue weighted by Crippen LogP contribution is -2.12. The Balaban J connectivity index is 1.91. The topological polar surface area (TPSA) is 95.1 Å². The Morgan fingerprint density at radius 2 is 2.14 bits per heavy atom. The molecule has 0 bridgehead atoms. The highest BCUT2D eigenvalue weighted by molar-refractivity contribution is 7.20. The quantitative estimate of drug-likeness (QED) is 0.693. The van der Waals surface area contributed by atoms with Crippen LogP contribution in [0.4, 0.5) is 10.2 Å². The third-order valence-corrected chi connectivity index (χ3v) is 3.80. The molecule has 1 amide bonds. The van der Waals surface area contributed by atoms with Gasteiger partial charge in [-0.3, -0.25) is 9.89 Å². The number of carboxylic acid groups (broad SMARTS) is 1. The zero-order valence-electron chi connectivity index (χ0n) is 10.4. The second-order valence-corrected chi connectivity index (χ2v) is 5.23. The molecule has 0 atom stereocenters. The number of aromatic carboxylic acids is 1. The third kappa shape index (κ3) is 2.48. The molecular formula is C13H8FN3O3S. The minimum atomic E-state index is -1.06. The van der Waals surface area contributed by atoms with E-state index in [9.17, 15) is 14.0 Å². The maximum atomic E-state index is 13.1. The fraction of sp³-hybridized carbons (Fsp3) is 0. The number of hydrogen-bond donors (Lipinski definition) is 3. The summed E-state index contributed by atoms with van der Waals surface area (Å²) in [6.45, 7) is 0. The van der Waals surface area contributed by atoms with Gasteiger partial charge in [-0.1, -0.05) is 6.07 Å². The Kier molecular flexibility index (Phi) is 3.15. The summed E-state index contributed by atoms with van der Waals surface area (Å²) < 4.78 is 13.1. The summed E-state index contributed by atoms with van der Waals surface area (Å²) in [5.41, 5.74) is 0.159. The molecule has 106 valence electrons. The summed E-state index contributed by atoms with van der Waals surface area (Å²) in [6, 6.07) is 6.68. The molecule has 21 heavy (non-hydrogen) atoms. The predicted octanol–water partition coefficient (Wildman–Crippen LogP) is 2.71. The Hall–Kier alpha value is -2.74. The molecule has 0 saturated carbocycles. The van der Waals surface area contributed by atoms with Crippen molar-refractivity contribution in [3.8, 4) is 0 Å². The number of hydrogen-bond acceptors (Lipinski definition) is 4. The minimum absolute atomic E-state index is 0.128. The first-order valence-electron chi connectivity index (χ1n) is 5.83. The molecule has 0 radical (unpaired) electrons. The molecule has 3 N–H and O–H groups in total. The van der Waals surface area contributed by atoms with Gasteiger partial charge in [-0.05, 0) is 24.3 Å². The van der Waals surface area contributed by atoms with Gasteiger partial charge >= 0.3 is 5.97 Å². The number of anilines is 1. The first kappa shape index (κ1) is 13.3. The second kappa shape index (κ2) is 4.98. The van der Waals surface area contributed by atoms with E-state index in [1.165, 1.54) is 24.3 Å². The van der Waals surface area contributed by atoms with Crippen molar-refractivity contribution in [2.45, 2.75) is 0 Å². The van der Waals surface area contributed by atoms with E-state index >= 15 is 0 Å². The highest BCUT2D eigenvalue weighted by atomic mass is 32.1. The SMILES string of the molecule is O=C(Nc1[nH]nc2sc(C(=O)O)cc12)c1cccc(F)c1. The van der Waals surface area contributed by atoms with E-state index in [0.717, 1.165) is 17.4 Å². The lowest BCUT2D eigenvalue weighted by atomic mass is 10.2. The Labute approximate surface area is 121 Å². The van der Waals surface area contributed by atoms with Gasteiger partial charge in [0.15, 0.2) is 0 Å². The summed E-state index contributed by atoms with van der Waals surface area (Å²) in [4.78, 5) is 23.5. The maximum Gasteiger partial charge on any atom is 0.345 e. The monoisotopic (exact) mass is 305 g/mol. The van der Waals surface area contributed by atoms with Crippen molar-refractivity contribution < 1.29 is 19.1 Å². The van der Waals surface area contributed by atoms with Crippen LogP contribution in [0.25, 0.3) is 10.2 Å². The zero-order chi connectivity index (χ0) is 15.0. The number of halogens is 1. The molecule has 6 nitrogen and oxygen atoms in total. The van der Waals surface area contributed by atoms with E-state index in [2.05, 4.69) is 15.5 Å². The number of nitrogens with zero attached hydrogens (tertiary/aromatic N) is 1. The molecule has 0 fully saturated rings. The molecule has 2 aromatic heterocycles. The number of amides is 1. The van der Waals surface area contributed by atoms with Gasteiger partial charge in [0.05, 0.1) is 5.39 Å². The van der Waals surface area contributed by atoms with Crippen molar-refractivity contribution in [1.29, 1.82) is 0 Å². The number of carbonyl (C=O) groups is 2. The van der Waals surface area contributed by atoms with Crippen molar-refractivity contribution >= 4 is 39.2 Å². The fourth-order valence-electron chi connectivity index (χ4n) is 1.83. The van der Waals surface area contributed by atoms with Gasteiger partial charge in [0.2, 0.25) is 0 Å². The van der Waals surface area contributed by atoms with E-state index in [-0.39, 0.29) is 16.3 Å². The molecule has 0 aliphatic heterocycles. The number of rotatable bonds is 3. The number of nitrogens with one attached hydrogen (secondary N) is 2. The molecule has 3 rings (SSSR count). The zero-order valence-corrected chi connectivity index (χ0v) is 11.2. The summed E-state index contributed by atoms with van der Waals surface area (Å²) in [6.07, 6.45) is 0. The first-order chi connectivity index (χ1) is 10.0. The van der Waals surface area contributed by atoms with Crippen LogP contribution < -0.4 is 5.32 Å². The molecule has 0 aliphatic carbocycles. The van der Waals surface area contributed by atoms with Crippen molar-refractivity contribution in [3.63, 3.8) is 0 Å². The molecule has 8 heteroatoms. The first-order valence-corrected chi connectivity index (χ1v) is 6.64. The summed E-state index contributed by atoms with van der Waals surface area (Å²) in [5, 5.41) is 18.5. The highest BCUT2D eigenvalue weighted by Gasteiger charge is 2.16. The maximum absolute atomic E-state index is 13.1. The fourth-order valence-corrected chi connectivity index (χ4v) is 2.66. The van der Waals surface area contributed by atoms with E-state index in [4.69, 9.17) is 5.11 Å². The van der Waals surface area contributed by atoms with Crippen molar-refractivity contribution in [2.24, 2.45) is 0 Å². The van der Waals surface area contributed by atoms with E-state index in [1.807, 2.05) is 0 Å². The molecule has 0 spiro atoms. The van der Waals surface area contributed by atoms with Gasteiger partial charge < -0.3 is 10.4 Å². The minimum Gasteiger partial charge on any atom is -0.477 e. The number of fused-ring (bicyclic) bond motifs is 1. The molecule has 0 saturated heterocycles. The molecule has 3 aromatic rings. The lowest BCUT2D eigenvalue weighted by molar-refractivity contribution is 0.0702. The van der Waals surface area contributed by atoms with Gasteiger partial charge in [-0.2, -0.15) is 5.10 Å². The van der Waals surface area contributed by atoms with Gasteiger partial charge in [0.1, 0.15) is 21.3 Å². The number of H-pyrrole nitrogens is 1. The van der Waals surface area contributed by atoms with E-state index in [0.29, 0.717) is 10.2 Å². The second-order valence-electron chi connectivity index (χ2n) is 4.20. The van der Waals surface area contributed by atoms with Gasteiger partial charge in [-0.25, -0.2) is 9.18 Å². The number of carbonyl (C=O) groups excluding carboxylic acids is 1. The average molecular weight is 305 g/mol. The Morgan fingerprint density at radius 3 is 2.86 bits per heavy atom. The van der Waals surface area contributed by atoms with Crippen LogP contribution in [0.2, 0.25) is 0 Å². The van der Waals surface area contributed by atoms with Crippen LogP contribution >= 0.6 is 11.3 Å². The molecule has 1 aromatic carbocycles. The smallest absolute Gasteiger partial charge is 0.345 e. The number of aromatic amines is 1. The van der Waals surface area contributed by atoms with Crippen molar-refractivity contribution in [3.05, 3.63) is 46.6 Å². The third-order valence-electron chi connectivity index (χ3n) is 2.79. The van der Waals surface area contributed by atoms with Crippen LogP contribution in [-0.2, 0) is 0 Å². The van der Waals surface area contributed by atoms with E-state index < -0.39 is 17.7 Å². The summed E-state index contributed by atoms with van der Waals surface area (Å²) in [7, 11) is 0. The highest BCUT2D eigenvalue weighted by Crippen LogP contribution is 2.29. The molecule has 2 heterocycles. The average Bonchev–Trinajstić information content (AvgIpc) is 3.01. The standard InChI is InChI=1S/C13H8FN3O3S/c14-7-3-1-2-6(4-7)11(18)15-10-8-5-9(13(19)20)21-12(8)17-16-10/h1-5H,(H,19,20)(H2,15,16,17,18). The largest absolute Gasteiger partial charge is 0.477 e. The number of aromatic nitrogens is 2. The summed E-state index contributed by atoms with van der Waals surface area (Å²) in [5.74, 6) is -1.80. The molecular weight excluding hydrogens is 297 g/mol. The van der Waals surface area contributed by atoms with Crippen LogP contribution in [0, 0.1) is 5.82 Å².